The topological polar surface area (TPSA) is 41.6 Å². The Labute approximate surface area is 104 Å². The lowest BCUT2D eigenvalue weighted by Gasteiger charge is -2.19. The molecule has 4 heteroatoms. The highest BCUT2D eigenvalue weighted by Crippen LogP contribution is 2.28. The zero-order valence-electron chi connectivity index (χ0n) is 10.8. The summed E-state index contributed by atoms with van der Waals surface area (Å²) in [5, 5.41) is 3.35. The average molecular weight is 240 g/mol. The van der Waals surface area contributed by atoms with Gasteiger partial charge in [0, 0.05) is 32.7 Å². The summed E-state index contributed by atoms with van der Waals surface area (Å²) in [6.07, 6.45) is 5.62. The first kappa shape index (κ1) is 12.8. The lowest BCUT2D eigenvalue weighted by atomic mass is 10.1. The molecule has 0 aromatic rings. The number of likely N-dealkylation sites (N-methyl/N-ethyl adjacent to an activating group) is 1. The van der Waals surface area contributed by atoms with Crippen molar-refractivity contribution in [3.05, 3.63) is 0 Å². The fourth-order valence-electron chi connectivity index (χ4n) is 2.16. The first-order chi connectivity index (χ1) is 8.25. The predicted octanol–water partition coefficient (Wildman–Crippen LogP) is 1.01. The second kappa shape index (κ2) is 6.36. The van der Waals surface area contributed by atoms with E-state index in [0.717, 1.165) is 32.0 Å². The molecular weight excluding hydrogens is 216 g/mol. The van der Waals surface area contributed by atoms with Crippen LogP contribution in [0.2, 0.25) is 0 Å². The van der Waals surface area contributed by atoms with Gasteiger partial charge in [-0.15, -0.1) is 0 Å². The lowest BCUT2D eigenvalue weighted by molar-refractivity contribution is -0.131. The Morgan fingerprint density at radius 3 is 2.88 bits per heavy atom. The number of ether oxygens (including phenoxy) is 1. The number of amides is 1. The summed E-state index contributed by atoms with van der Waals surface area (Å²) in [5.74, 6) is 1.04. The third kappa shape index (κ3) is 4.64. The molecule has 1 saturated heterocycles. The molecule has 2 rings (SSSR count). The SMILES string of the molecule is CN(CCOCC1CC1)C(=O)CC1CCCN1. The van der Waals surface area contributed by atoms with E-state index in [2.05, 4.69) is 5.32 Å². The van der Waals surface area contributed by atoms with E-state index < -0.39 is 0 Å². The Morgan fingerprint density at radius 1 is 1.41 bits per heavy atom. The number of nitrogens with one attached hydrogen (secondary N) is 1. The molecule has 0 aromatic heterocycles. The van der Waals surface area contributed by atoms with Gasteiger partial charge in [0.15, 0.2) is 0 Å². The minimum absolute atomic E-state index is 0.236. The number of rotatable bonds is 7. The summed E-state index contributed by atoms with van der Waals surface area (Å²) in [6, 6.07) is 0.400. The van der Waals surface area contributed by atoms with Gasteiger partial charge in [-0.2, -0.15) is 0 Å². The second-order valence-electron chi connectivity index (χ2n) is 5.33. The van der Waals surface area contributed by atoms with Gasteiger partial charge in [-0.25, -0.2) is 0 Å². The summed E-state index contributed by atoms with van der Waals surface area (Å²) in [4.78, 5) is 13.7. The molecule has 1 atom stereocenters. The normalized spacial score (nSPS) is 23.9. The van der Waals surface area contributed by atoms with Crippen LogP contribution in [0.15, 0.2) is 0 Å². The Hall–Kier alpha value is -0.610. The molecule has 1 amide bonds. The van der Waals surface area contributed by atoms with Crippen LogP contribution in [0.3, 0.4) is 0 Å². The number of nitrogens with zero attached hydrogens (tertiary/aromatic N) is 1. The summed E-state index contributed by atoms with van der Waals surface area (Å²) in [6.45, 7) is 3.34. The van der Waals surface area contributed by atoms with E-state index in [1.807, 2.05) is 7.05 Å². The van der Waals surface area contributed by atoms with Crippen LogP contribution in [-0.4, -0.2) is 50.2 Å². The molecule has 0 spiro atoms. The molecular formula is C13H24N2O2. The van der Waals surface area contributed by atoms with E-state index >= 15 is 0 Å². The van der Waals surface area contributed by atoms with Crippen molar-refractivity contribution in [1.29, 1.82) is 0 Å². The molecule has 0 radical (unpaired) electrons. The lowest BCUT2D eigenvalue weighted by Crippen LogP contribution is -2.35. The Kier molecular flexibility index (Phi) is 4.80. The fraction of sp³-hybridized carbons (Fsp3) is 0.923. The van der Waals surface area contributed by atoms with Gasteiger partial charge in [0.05, 0.1) is 6.61 Å². The van der Waals surface area contributed by atoms with Crippen molar-refractivity contribution in [2.45, 2.75) is 38.1 Å². The van der Waals surface area contributed by atoms with E-state index in [1.54, 1.807) is 4.90 Å². The van der Waals surface area contributed by atoms with Gasteiger partial charge in [0.1, 0.15) is 0 Å². The van der Waals surface area contributed by atoms with Crippen LogP contribution in [0.1, 0.15) is 32.1 Å². The van der Waals surface area contributed by atoms with Crippen LogP contribution < -0.4 is 5.32 Å². The standard InChI is InChI=1S/C13H24N2O2/c1-15(7-8-17-10-11-4-5-11)13(16)9-12-3-2-6-14-12/h11-12,14H,2-10H2,1H3. The Morgan fingerprint density at radius 2 is 2.24 bits per heavy atom. The predicted molar refractivity (Wildman–Crippen MR) is 66.8 cm³/mol. The van der Waals surface area contributed by atoms with Crippen LogP contribution in [-0.2, 0) is 9.53 Å². The maximum atomic E-state index is 11.9. The molecule has 1 unspecified atom stereocenters. The molecule has 0 aromatic carbocycles. The van der Waals surface area contributed by atoms with Gasteiger partial charge in [0.2, 0.25) is 5.91 Å². The molecule has 1 saturated carbocycles. The highest BCUT2D eigenvalue weighted by molar-refractivity contribution is 5.76. The molecule has 1 aliphatic carbocycles. The van der Waals surface area contributed by atoms with E-state index in [9.17, 15) is 4.79 Å². The van der Waals surface area contributed by atoms with Gasteiger partial charge in [-0.3, -0.25) is 4.79 Å². The molecule has 98 valence electrons. The van der Waals surface area contributed by atoms with Crippen molar-refractivity contribution in [1.82, 2.24) is 10.2 Å². The highest BCUT2D eigenvalue weighted by atomic mass is 16.5. The van der Waals surface area contributed by atoms with E-state index in [0.29, 0.717) is 19.1 Å². The Balaban J connectivity index is 1.53. The highest BCUT2D eigenvalue weighted by Gasteiger charge is 2.22. The number of carbonyl (C=O) groups excluding carboxylic acids is 1. The minimum Gasteiger partial charge on any atom is -0.379 e. The zero-order chi connectivity index (χ0) is 12.1. The van der Waals surface area contributed by atoms with Crippen LogP contribution in [0.5, 0.6) is 0 Å². The molecule has 1 aliphatic heterocycles. The summed E-state index contributed by atoms with van der Waals surface area (Å²) in [5.41, 5.74) is 0. The molecule has 1 N–H and O–H groups in total. The van der Waals surface area contributed by atoms with Crippen molar-refractivity contribution in [3.63, 3.8) is 0 Å². The minimum atomic E-state index is 0.236. The smallest absolute Gasteiger partial charge is 0.223 e. The third-order valence-corrected chi connectivity index (χ3v) is 3.63. The Bertz CT molecular complexity index is 248. The summed E-state index contributed by atoms with van der Waals surface area (Å²) >= 11 is 0. The molecule has 1 heterocycles. The zero-order valence-corrected chi connectivity index (χ0v) is 10.8. The third-order valence-electron chi connectivity index (χ3n) is 3.63. The molecule has 2 aliphatic rings. The molecule has 4 nitrogen and oxygen atoms in total. The van der Waals surface area contributed by atoms with Gasteiger partial charge in [0.25, 0.3) is 0 Å². The van der Waals surface area contributed by atoms with Crippen LogP contribution in [0.4, 0.5) is 0 Å². The van der Waals surface area contributed by atoms with Gasteiger partial charge >= 0.3 is 0 Å². The second-order valence-corrected chi connectivity index (χ2v) is 5.33. The van der Waals surface area contributed by atoms with E-state index in [1.165, 1.54) is 19.3 Å². The molecule has 0 bridgehead atoms. The van der Waals surface area contributed by atoms with Crippen LogP contribution in [0.25, 0.3) is 0 Å². The molecule has 17 heavy (non-hydrogen) atoms. The first-order valence-electron chi connectivity index (χ1n) is 6.81. The van der Waals surface area contributed by atoms with E-state index in [4.69, 9.17) is 4.74 Å². The van der Waals surface area contributed by atoms with Crippen molar-refractivity contribution in [2.24, 2.45) is 5.92 Å². The van der Waals surface area contributed by atoms with Gasteiger partial charge in [-0.05, 0) is 38.1 Å². The fourth-order valence-corrected chi connectivity index (χ4v) is 2.16. The van der Waals surface area contributed by atoms with Crippen LogP contribution >= 0.6 is 0 Å². The monoisotopic (exact) mass is 240 g/mol. The first-order valence-corrected chi connectivity index (χ1v) is 6.81. The van der Waals surface area contributed by atoms with Gasteiger partial charge in [-0.1, -0.05) is 0 Å². The quantitative estimate of drug-likeness (QED) is 0.675. The maximum Gasteiger partial charge on any atom is 0.223 e. The van der Waals surface area contributed by atoms with Crippen LogP contribution in [0, 0.1) is 5.92 Å². The average Bonchev–Trinajstić information content (AvgIpc) is 3.01. The summed E-state index contributed by atoms with van der Waals surface area (Å²) < 4.78 is 5.54. The number of carbonyl (C=O) groups is 1. The number of hydrogen-bond donors (Lipinski definition) is 1. The van der Waals surface area contributed by atoms with Crippen molar-refractivity contribution in [2.75, 3.05) is 33.4 Å². The number of hydrogen-bond acceptors (Lipinski definition) is 3. The molecule has 2 fully saturated rings. The van der Waals surface area contributed by atoms with E-state index in [-0.39, 0.29) is 5.91 Å². The van der Waals surface area contributed by atoms with Gasteiger partial charge < -0.3 is 15.0 Å². The van der Waals surface area contributed by atoms with Crippen molar-refractivity contribution < 1.29 is 9.53 Å². The summed E-state index contributed by atoms with van der Waals surface area (Å²) in [7, 11) is 1.87. The maximum absolute atomic E-state index is 11.9. The largest absolute Gasteiger partial charge is 0.379 e. The van der Waals surface area contributed by atoms with Crippen molar-refractivity contribution >= 4 is 5.91 Å². The van der Waals surface area contributed by atoms with Crippen molar-refractivity contribution in [3.8, 4) is 0 Å².